The van der Waals surface area contributed by atoms with Crippen LogP contribution in [0.2, 0.25) is 0 Å². The zero-order valence-electron chi connectivity index (χ0n) is 15.0. The summed E-state index contributed by atoms with van der Waals surface area (Å²) in [5, 5.41) is 4.12. The highest BCUT2D eigenvalue weighted by Crippen LogP contribution is 2.20. The van der Waals surface area contributed by atoms with Crippen molar-refractivity contribution in [3.8, 4) is 11.6 Å². The van der Waals surface area contributed by atoms with Gasteiger partial charge in [-0.25, -0.2) is 14.6 Å². The van der Waals surface area contributed by atoms with E-state index in [9.17, 15) is 9.59 Å². The Bertz CT molecular complexity index is 1000. The van der Waals surface area contributed by atoms with Crippen LogP contribution in [0.4, 0.5) is 4.79 Å². The van der Waals surface area contributed by atoms with E-state index >= 15 is 0 Å². The largest absolute Gasteiger partial charge is 0.423 e. The molecule has 1 aliphatic rings. The molecule has 0 radical (unpaired) electrons. The third-order valence-electron chi connectivity index (χ3n) is 4.33. The Balaban J connectivity index is 1.39. The zero-order chi connectivity index (χ0) is 19.3. The number of aromatic nitrogens is 2. The van der Waals surface area contributed by atoms with Crippen LogP contribution in [0.15, 0.2) is 54.9 Å². The molecule has 1 aliphatic heterocycles. The molecule has 4 rings (SSSR count). The molecule has 0 spiro atoms. The first-order valence-corrected chi connectivity index (χ1v) is 8.89. The van der Waals surface area contributed by atoms with Crippen molar-refractivity contribution in [3.05, 3.63) is 60.4 Å². The Morgan fingerprint density at radius 1 is 1.00 bits per heavy atom. The van der Waals surface area contributed by atoms with Crippen LogP contribution in [-0.4, -0.2) is 53.1 Å². The van der Waals surface area contributed by atoms with Gasteiger partial charge in [-0.1, -0.05) is 6.07 Å². The van der Waals surface area contributed by atoms with Crippen LogP contribution < -0.4 is 14.8 Å². The maximum absolute atomic E-state index is 12.3. The lowest BCUT2D eigenvalue weighted by Crippen LogP contribution is -2.47. The molecular formula is C20H18N4O4. The second kappa shape index (κ2) is 8.01. The molecule has 0 saturated carbocycles. The molecule has 0 bridgehead atoms. The van der Waals surface area contributed by atoms with Crippen molar-refractivity contribution in [1.29, 1.82) is 0 Å². The molecule has 0 atom stereocenters. The van der Waals surface area contributed by atoms with E-state index < -0.39 is 12.1 Å². The zero-order valence-corrected chi connectivity index (χ0v) is 15.0. The highest BCUT2D eigenvalue weighted by Gasteiger charge is 2.19. The first kappa shape index (κ1) is 17.9. The number of hydrogen-bond donors (Lipinski definition) is 1. The highest BCUT2D eigenvalue weighted by atomic mass is 16.6. The smallest absolute Gasteiger partial charge is 0.416 e. The molecule has 28 heavy (non-hydrogen) atoms. The number of esters is 1. The Morgan fingerprint density at radius 3 is 2.64 bits per heavy atom. The predicted molar refractivity (Wildman–Crippen MR) is 101 cm³/mol. The second-order valence-electron chi connectivity index (χ2n) is 6.24. The molecule has 0 unspecified atom stereocenters. The summed E-state index contributed by atoms with van der Waals surface area (Å²) >= 11 is 0. The fourth-order valence-corrected chi connectivity index (χ4v) is 2.84. The van der Waals surface area contributed by atoms with Crippen molar-refractivity contribution >= 4 is 23.0 Å². The molecule has 3 aromatic rings. The van der Waals surface area contributed by atoms with Gasteiger partial charge in [-0.05, 0) is 24.3 Å². The number of ether oxygens (including phenoxy) is 2. The number of piperazine rings is 1. The van der Waals surface area contributed by atoms with Gasteiger partial charge < -0.3 is 19.7 Å². The fraction of sp³-hybridized carbons (Fsp3) is 0.200. The Labute approximate surface area is 161 Å². The normalized spacial score (nSPS) is 13.9. The monoisotopic (exact) mass is 378 g/mol. The van der Waals surface area contributed by atoms with Crippen LogP contribution in [0.3, 0.4) is 0 Å². The van der Waals surface area contributed by atoms with Crippen molar-refractivity contribution in [1.82, 2.24) is 20.2 Å². The number of carbonyl (C=O) groups is 2. The summed E-state index contributed by atoms with van der Waals surface area (Å²) in [5.41, 5.74) is 0.990. The van der Waals surface area contributed by atoms with Crippen molar-refractivity contribution < 1.29 is 19.1 Å². The molecule has 2 aromatic heterocycles. The maximum Gasteiger partial charge on any atom is 0.416 e. The molecule has 142 valence electrons. The Hall–Kier alpha value is -3.52. The van der Waals surface area contributed by atoms with E-state index in [0.717, 1.165) is 24.0 Å². The van der Waals surface area contributed by atoms with Crippen molar-refractivity contribution in [2.45, 2.75) is 0 Å². The lowest BCUT2D eigenvalue weighted by molar-refractivity contribution is 0.0734. The molecule has 1 saturated heterocycles. The van der Waals surface area contributed by atoms with E-state index in [4.69, 9.17) is 9.47 Å². The molecule has 1 amide bonds. The number of nitrogens with zero attached hydrogens (tertiary/aromatic N) is 3. The number of hydrogen-bond acceptors (Lipinski definition) is 7. The summed E-state index contributed by atoms with van der Waals surface area (Å²) in [4.78, 5) is 34.3. The van der Waals surface area contributed by atoms with E-state index in [0.29, 0.717) is 18.8 Å². The Kier molecular flexibility index (Phi) is 5.11. The van der Waals surface area contributed by atoms with Crippen molar-refractivity contribution in [3.63, 3.8) is 0 Å². The number of amides is 1. The van der Waals surface area contributed by atoms with Crippen LogP contribution >= 0.6 is 0 Å². The molecule has 0 aliphatic carbocycles. The summed E-state index contributed by atoms with van der Waals surface area (Å²) < 4.78 is 10.6. The number of rotatable bonds is 3. The number of pyridine rings is 2. The lowest BCUT2D eigenvalue weighted by atomic mass is 10.2. The van der Waals surface area contributed by atoms with Gasteiger partial charge >= 0.3 is 12.1 Å². The lowest BCUT2D eigenvalue weighted by Gasteiger charge is -2.26. The third kappa shape index (κ3) is 4.07. The quantitative estimate of drug-likeness (QED) is 0.552. The van der Waals surface area contributed by atoms with Gasteiger partial charge in [-0.15, -0.1) is 0 Å². The van der Waals surface area contributed by atoms with Crippen molar-refractivity contribution in [2.24, 2.45) is 0 Å². The maximum atomic E-state index is 12.3. The van der Waals surface area contributed by atoms with E-state index in [-0.39, 0.29) is 11.4 Å². The van der Waals surface area contributed by atoms with Gasteiger partial charge in [-0.3, -0.25) is 4.98 Å². The minimum Gasteiger partial charge on any atom is -0.423 e. The highest BCUT2D eigenvalue weighted by molar-refractivity contribution is 5.91. The van der Waals surface area contributed by atoms with Gasteiger partial charge in [0.05, 0.1) is 11.1 Å². The predicted octanol–water partition coefficient (Wildman–Crippen LogP) is 2.25. The SMILES string of the molecule is O=C(Oc1ccc2cccnc2c1)c1ccc(OC(=O)N2CCNCC2)nc1. The molecule has 3 heterocycles. The third-order valence-corrected chi connectivity index (χ3v) is 4.33. The van der Waals surface area contributed by atoms with E-state index in [1.807, 2.05) is 18.2 Å². The topological polar surface area (TPSA) is 93.7 Å². The van der Waals surface area contributed by atoms with E-state index in [1.165, 1.54) is 18.3 Å². The van der Waals surface area contributed by atoms with Crippen LogP contribution in [0, 0.1) is 0 Å². The Morgan fingerprint density at radius 2 is 1.86 bits per heavy atom. The van der Waals surface area contributed by atoms with Gasteiger partial charge in [0.15, 0.2) is 0 Å². The van der Waals surface area contributed by atoms with Gasteiger partial charge in [0, 0.05) is 56.1 Å². The molecule has 1 fully saturated rings. The average molecular weight is 378 g/mol. The standard InChI is InChI=1S/C20H18N4O4/c25-19(27-16-5-3-14-2-1-7-22-17(14)12-16)15-4-6-18(23-13-15)28-20(26)24-10-8-21-9-11-24/h1-7,12-13,21H,8-11H2. The van der Waals surface area contributed by atoms with Gasteiger partial charge in [-0.2, -0.15) is 0 Å². The molecule has 1 N–H and O–H groups in total. The van der Waals surface area contributed by atoms with Crippen LogP contribution in [0.5, 0.6) is 11.6 Å². The fourth-order valence-electron chi connectivity index (χ4n) is 2.84. The van der Waals surface area contributed by atoms with Crippen LogP contribution in [0.1, 0.15) is 10.4 Å². The minimum atomic E-state index is -0.553. The first-order valence-electron chi connectivity index (χ1n) is 8.89. The van der Waals surface area contributed by atoms with Crippen LogP contribution in [-0.2, 0) is 0 Å². The molecular weight excluding hydrogens is 360 g/mol. The van der Waals surface area contributed by atoms with Gasteiger partial charge in [0.2, 0.25) is 5.88 Å². The van der Waals surface area contributed by atoms with E-state index in [1.54, 1.807) is 23.2 Å². The van der Waals surface area contributed by atoms with Gasteiger partial charge in [0.25, 0.3) is 0 Å². The van der Waals surface area contributed by atoms with Gasteiger partial charge in [0.1, 0.15) is 5.75 Å². The van der Waals surface area contributed by atoms with E-state index in [2.05, 4.69) is 15.3 Å². The summed E-state index contributed by atoms with van der Waals surface area (Å²) in [5.74, 6) is -0.0248. The van der Waals surface area contributed by atoms with Crippen LogP contribution in [0.25, 0.3) is 10.9 Å². The molecule has 8 nitrogen and oxygen atoms in total. The number of carbonyl (C=O) groups excluding carboxylic acids is 2. The summed E-state index contributed by atoms with van der Waals surface area (Å²) in [6.45, 7) is 2.64. The first-order chi connectivity index (χ1) is 13.7. The molecule has 8 heteroatoms. The van der Waals surface area contributed by atoms with Crippen molar-refractivity contribution in [2.75, 3.05) is 26.2 Å². The summed E-state index contributed by atoms with van der Waals surface area (Å²) in [7, 11) is 0. The second-order valence-corrected chi connectivity index (χ2v) is 6.24. The number of benzene rings is 1. The minimum absolute atomic E-state index is 0.134. The summed E-state index contributed by atoms with van der Waals surface area (Å²) in [6, 6.07) is 12.0. The molecule has 1 aromatic carbocycles. The number of fused-ring (bicyclic) bond motifs is 1. The number of nitrogens with one attached hydrogen (secondary N) is 1. The average Bonchev–Trinajstić information content (AvgIpc) is 2.75. The summed E-state index contributed by atoms with van der Waals surface area (Å²) in [6.07, 6.45) is 2.55.